The van der Waals surface area contributed by atoms with Crippen molar-refractivity contribution in [3.05, 3.63) is 93.5 Å². The highest BCUT2D eigenvalue weighted by Gasteiger charge is 2.59. The fourth-order valence-electron chi connectivity index (χ4n) is 5.34. The van der Waals surface area contributed by atoms with Crippen LogP contribution in [0.15, 0.2) is 66.7 Å². The van der Waals surface area contributed by atoms with Crippen molar-refractivity contribution in [2.75, 3.05) is 19.0 Å². The second kappa shape index (κ2) is 7.86. The number of nitrogens with one attached hydrogen (secondary N) is 2. The average Bonchev–Trinajstić information content (AvgIpc) is 3.05. The predicted molar refractivity (Wildman–Crippen MR) is 124 cm³/mol. The molecule has 3 aromatic carbocycles. The number of carbonyl (C=O) groups excluding carboxylic acids is 1. The lowest BCUT2D eigenvalue weighted by molar-refractivity contribution is -0.123. The van der Waals surface area contributed by atoms with Crippen LogP contribution in [-0.4, -0.2) is 19.6 Å². The first-order chi connectivity index (χ1) is 15.1. The maximum atomic E-state index is 13.9. The van der Waals surface area contributed by atoms with Gasteiger partial charge in [-0.1, -0.05) is 59.6 Å². The molecule has 1 fully saturated rings. The zero-order chi connectivity index (χ0) is 21.6. The molecule has 31 heavy (non-hydrogen) atoms. The normalized spacial score (nSPS) is 24.7. The van der Waals surface area contributed by atoms with Crippen LogP contribution in [0.3, 0.4) is 0 Å². The molecule has 6 heteroatoms. The summed E-state index contributed by atoms with van der Waals surface area (Å²) in [5, 5.41) is 8.00. The monoisotopic (exact) mass is 452 g/mol. The molecule has 1 amide bonds. The number of methoxy groups -OCH3 is 1. The molecule has 2 heterocycles. The maximum Gasteiger partial charge on any atom is 0.237 e. The van der Waals surface area contributed by atoms with Crippen molar-refractivity contribution >= 4 is 34.8 Å². The molecular formula is C25H22Cl2N2O2. The second-order valence-corrected chi connectivity index (χ2v) is 8.91. The van der Waals surface area contributed by atoms with E-state index in [-0.39, 0.29) is 17.9 Å². The Bertz CT molecular complexity index is 1170. The predicted octanol–water partition coefficient (Wildman–Crippen LogP) is 5.71. The van der Waals surface area contributed by atoms with E-state index in [0.717, 1.165) is 41.1 Å². The first-order valence-electron chi connectivity index (χ1n) is 10.3. The SMILES string of the molecule is COc1ccccc1[C@H]1NCC[C@@H](c2cccc(Cl)c2)[C@]12C(=O)Nc1cc(Cl)ccc12. The quantitative estimate of drug-likeness (QED) is 0.534. The summed E-state index contributed by atoms with van der Waals surface area (Å²) in [7, 11) is 1.66. The largest absolute Gasteiger partial charge is 0.496 e. The van der Waals surface area contributed by atoms with Gasteiger partial charge in [-0.3, -0.25) is 4.79 Å². The summed E-state index contributed by atoms with van der Waals surface area (Å²) in [6.45, 7) is 0.762. The maximum absolute atomic E-state index is 13.9. The lowest BCUT2D eigenvalue weighted by Crippen LogP contribution is -2.55. The summed E-state index contributed by atoms with van der Waals surface area (Å²) in [4.78, 5) is 13.9. The van der Waals surface area contributed by atoms with E-state index in [4.69, 9.17) is 27.9 Å². The third-order valence-electron chi connectivity index (χ3n) is 6.54. The van der Waals surface area contributed by atoms with E-state index in [1.54, 1.807) is 7.11 Å². The Morgan fingerprint density at radius 1 is 1.00 bits per heavy atom. The van der Waals surface area contributed by atoms with Crippen molar-refractivity contribution < 1.29 is 9.53 Å². The molecule has 0 unspecified atom stereocenters. The molecule has 158 valence electrons. The van der Waals surface area contributed by atoms with Crippen molar-refractivity contribution in [2.24, 2.45) is 0 Å². The zero-order valence-corrected chi connectivity index (χ0v) is 18.5. The van der Waals surface area contributed by atoms with E-state index in [1.807, 2.05) is 60.7 Å². The molecule has 0 radical (unpaired) electrons. The number of hydrogen-bond acceptors (Lipinski definition) is 3. The van der Waals surface area contributed by atoms with E-state index in [2.05, 4.69) is 16.7 Å². The van der Waals surface area contributed by atoms with Gasteiger partial charge in [-0.15, -0.1) is 0 Å². The number of carbonyl (C=O) groups is 1. The van der Waals surface area contributed by atoms with Gasteiger partial charge in [-0.05, 0) is 54.4 Å². The highest BCUT2D eigenvalue weighted by atomic mass is 35.5. The summed E-state index contributed by atoms with van der Waals surface area (Å²) in [6, 6.07) is 21.1. The fourth-order valence-corrected chi connectivity index (χ4v) is 5.71. The van der Waals surface area contributed by atoms with Crippen LogP contribution in [0.4, 0.5) is 5.69 Å². The van der Waals surface area contributed by atoms with Gasteiger partial charge in [-0.25, -0.2) is 0 Å². The van der Waals surface area contributed by atoms with Crippen LogP contribution in [0.1, 0.15) is 35.1 Å². The van der Waals surface area contributed by atoms with Crippen molar-refractivity contribution in [1.82, 2.24) is 5.32 Å². The Morgan fingerprint density at radius 3 is 2.61 bits per heavy atom. The molecular weight excluding hydrogens is 431 g/mol. The molecule has 2 aliphatic rings. The molecule has 2 aliphatic heterocycles. The second-order valence-electron chi connectivity index (χ2n) is 8.04. The van der Waals surface area contributed by atoms with E-state index in [9.17, 15) is 4.79 Å². The zero-order valence-electron chi connectivity index (χ0n) is 17.0. The van der Waals surface area contributed by atoms with E-state index in [1.165, 1.54) is 0 Å². The number of ether oxygens (including phenoxy) is 1. The minimum atomic E-state index is -0.877. The number of piperidine rings is 1. The highest BCUT2D eigenvalue weighted by molar-refractivity contribution is 6.31. The Kier molecular flexibility index (Phi) is 5.17. The van der Waals surface area contributed by atoms with E-state index < -0.39 is 5.41 Å². The van der Waals surface area contributed by atoms with Crippen LogP contribution in [0, 0.1) is 0 Å². The Labute approximate surface area is 191 Å². The first-order valence-corrected chi connectivity index (χ1v) is 11.0. The molecule has 0 aliphatic carbocycles. The molecule has 2 N–H and O–H groups in total. The van der Waals surface area contributed by atoms with Crippen molar-refractivity contribution in [3.8, 4) is 5.75 Å². The summed E-state index contributed by atoms with van der Waals surface area (Å²) in [5.41, 5.74) is 2.82. The average molecular weight is 453 g/mol. The number of fused-ring (bicyclic) bond motifs is 2. The number of hydrogen-bond donors (Lipinski definition) is 2. The minimum Gasteiger partial charge on any atom is -0.496 e. The lowest BCUT2D eigenvalue weighted by Gasteiger charge is -2.47. The minimum absolute atomic E-state index is 0.0437. The molecule has 3 atom stereocenters. The van der Waals surface area contributed by atoms with Gasteiger partial charge in [-0.2, -0.15) is 0 Å². The van der Waals surface area contributed by atoms with Crippen molar-refractivity contribution in [3.63, 3.8) is 0 Å². The third kappa shape index (κ3) is 3.13. The number of amides is 1. The van der Waals surface area contributed by atoms with E-state index in [0.29, 0.717) is 10.0 Å². The molecule has 1 saturated heterocycles. The van der Waals surface area contributed by atoms with E-state index >= 15 is 0 Å². The molecule has 0 saturated carbocycles. The summed E-state index contributed by atoms with van der Waals surface area (Å²) >= 11 is 12.6. The van der Waals surface area contributed by atoms with Gasteiger partial charge < -0.3 is 15.4 Å². The van der Waals surface area contributed by atoms with Crippen LogP contribution in [0.5, 0.6) is 5.75 Å². The van der Waals surface area contributed by atoms with Crippen molar-refractivity contribution in [1.29, 1.82) is 0 Å². The number of para-hydroxylation sites is 1. The standard InChI is InChI=1S/C25H22Cl2N2O2/c1-31-22-8-3-2-7-18(22)23-25(20-10-9-17(27)14-21(20)29-24(25)30)19(11-12-28-23)15-5-4-6-16(26)13-15/h2-10,13-14,19,23,28H,11-12H2,1H3,(H,29,30)/t19-,23+,25+/m0/s1. The Morgan fingerprint density at radius 2 is 1.81 bits per heavy atom. The molecule has 3 aromatic rings. The van der Waals surface area contributed by atoms with Gasteiger partial charge in [0.05, 0.1) is 13.2 Å². The Balaban J connectivity index is 1.79. The van der Waals surface area contributed by atoms with Gasteiger partial charge in [0.1, 0.15) is 11.2 Å². The number of halogens is 2. The van der Waals surface area contributed by atoms with Crippen molar-refractivity contribution in [2.45, 2.75) is 23.8 Å². The van der Waals surface area contributed by atoms with Crippen LogP contribution in [-0.2, 0) is 10.2 Å². The summed E-state index contributed by atoms with van der Waals surface area (Å²) in [6.07, 6.45) is 0.793. The van der Waals surface area contributed by atoms with Crippen LogP contribution in [0.2, 0.25) is 10.0 Å². The van der Waals surface area contributed by atoms with Crippen LogP contribution in [0.25, 0.3) is 0 Å². The first kappa shape index (κ1) is 20.4. The van der Waals surface area contributed by atoms with Crippen LogP contribution >= 0.6 is 23.2 Å². The third-order valence-corrected chi connectivity index (χ3v) is 7.01. The highest BCUT2D eigenvalue weighted by Crippen LogP contribution is 2.58. The van der Waals surface area contributed by atoms with Gasteiger partial charge in [0.2, 0.25) is 5.91 Å². The molecule has 4 nitrogen and oxygen atoms in total. The Hall–Kier alpha value is -2.53. The topological polar surface area (TPSA) is 50.4 Å². The summed E-state index contributed by atoms with van der Waals surface area (Å²) in [5.74, 6) is 0.629. The molecule has 0 bridgehead atoms. The van der Waals surface area contributed by atoms with Crippen LogP contribution < -0.4 is 15.4 Å². The van der Waals surface area contributed by atoms with Gasteiger partial charge in [0.15, 0.2) is 0 Å². The van der Waals surface area contributed by atoms with Gasteiger partial charge in [0.25, 0.3) is 0 Å². The summed E-state index contributed by atoms with van der Waals surface area (Å²) < 4.78 is 5.69. The molecule has 5 rings (SSSR count). The lowest BCUT2D eigenvalue weighted by atomic mass is 9.59. The smallest absolute Gasteiger partial charge is 0.237 e. The van der Waals surface area contributed by atoms with Gasteiger partial charge in [0, 0.05) is 27.2 Å². The van der Waals surface area contributed by atoms with Gasteiger partial charge >= 0.3 is 0 Å². The number of rotatable bonds is 3. The number of benzene rings is 3. The molecule has 0 aromatic heterocycles. The molecule has 1 spiro atoms. The number of anilines is 1. The fraction of sp³-hybridized carbons (Fsp3) is 0.240.